The van der Waals surface area contributed by atoms with Crippen LogP contribution < -0.4 is 0 Å². The summed E-state index contributed by atoms with van der Waals surface area (Å²) in [6.45, 7) is 1.56. The van der Waals surface area contributed by atoms with Crippen LogP contribution in [0.15, 0.2) is 0 Å². The molecule has 1 heterocycles. The second-order valence-electron chi connectivity index (χ2n) is 2.49. The molecule has 56 valence electrons. The average Bonchev–Trinajstić information content (AvgIpc) is 2.33. The van der Waals surface area contributed by atoms with Crippen LogP contribution in [0.3, 0.4) is 0 Å². The summed E-state index contributed by atoms with van der Waals surface area (Å²) in [4.78, 5) is 21.2. The van der Waals surface area contributed by atoms with Gasteiger partial charge in [-0.3, -0.25) is 4.79 Å². The Morgan fingerprint density at radius 3 is 2.80 bits per heavy atom. The van der Waals surface area contributed by atoms with Crippen molar-refractivity contribution in [2.75, 3.05) is 5.75 Å². The van der Waals surface area contributed by atoms with E-state index in [1.54, 1.807) is 18.7 Å². The highest BCUT2D eigenvalue weighted by atomic mass is 32.2. The van der Waals surface area contributed by atoms with Gasteiger partial charge in [0.1, 0.15) is 12.1 Å². The molecule has 0 radical (unpaired) electrons. The molecule has 0 spiro atoms. The Morgan fingerprint density at radius 1 is 1.70 bits per heavy atom. The highest BCUT2D eigenvalue weighted by Gasteiger charge is 2.30. The lowest BCUT2D eigenvalue weighted by Gasteiger charge is -2.07. The number of Topliss-reactive ketones (excluding diaryl/α,β-unsaturated/α-hetero) is 1. The minimum atomic E-state index is -0.0440. The molecule has 0 bridgehead atoms. The number of aldehydes is 1. The molecule has 1 saturated heterocycles. The number of thioether (sulfide) groups is 1. The maximum Gasteiger partial charge on any atom is 0.143 e. The van der Waals surface area contributed by atoms with Gasteiger partial charge in [0.15, 0.2) is 0 Å². The van der Waals surface area contributed by atoms with Crippen molar-refractivity contribution in [1.82, 2.24) is 0 Å². The molecule has 0 aliphatic carbocycles. The van der Waals surface area contributed by atoms with Crippen molar-refractivity contribution in [3.8, 4) is 0 Å². The Balaban J connectivity index is 2.58. The lowest BCUT2D eigenvalue weighted by atomic mass is 10.0. The van der Waals surface area contributed by atoms with E-state index in [-0.39, 0.29) is 17.0 Å². The molecule has 2 unspecified atom stereocenters. The van der Waals surface area contributed by atoms with Gasteiger partial charge in [-0.15, -0.1) is 11.8 Å². The Morgan fingerprint density at radius 2 is 2.40 bits per heavy atom. The van der Waals surface area contributed by atoms with Crippen molar-refractivity contribution in [2.45, 2.75) is 18.6 Å². The van der Waals surface area contributed by atoms with Gasteiger partial charge < -0.3 is 4.79 Å². The molecule has 0 saturated carbocycles. The number of carbonyl (C=O) groups excluding carboxylic acids is 2. The third-order valence-electron chi connectivity index (χ3n) is 1.71. The van der Waals surface area contributed by atoms with Gasteiger partial charge >= 0.3 is 0 Å². The van der Waals surface area contributed by atoms with E-state index in [4.69, 9.17) is 0 Å². The summed E-state index contributed by atoms with van der Waals surface area (Å²) in [6, 6.07) is 0. The van der Waals surface area contributed by atoms with Crippen LogP contribution in [0.2, 0.25) is 0 Å². The molecule has 2 nitrogen and oxygen atoms in total. The van der Waals surface area contributed by atoms with Gasteiger partial charge in [-0.1, -0.05) is 0 Å². The Bertz CT molecular complexity index is 156. The number of hydrogen-bond donors (Lipinski definition) is 0. The molecular formula is C7H10O2S. The molecule has 1 aliphatic rings. The van der Waals surface area contributed by atoms with Gasteiger partial charge in [-0.05, 0) is 19.1 Å². The summed E-state index contributed by atoms with van der Waals surface area (Å²) in [5.41, 5.74) is 0. The number of rotatable bonds is 2. The van der Waals surface area contributed by atoms with Crippen molar-refractivity contribution in [1.29, 1.82) is 0 Å². The molecule has 0 aromatic carbocycles. The van der Waals surface area contributed by atoms with Crippen molar-refractivity contribution in [3.63, 3.8) is 0 Å². The SMILES string of the molecule is CC(=O)C1SCCC1C=O. The van der Waals surface area contributed by atoms with Crippen molar-refractivity contribution >= 4 is 23.8 Å². The van der Waals surface area contributed by atoms with E-state index in [1.165, 1.54) is 0 Å². The summed E-state index contributed by atoms with van der Waals surface area (Å²) < 4.78 is 0. The van der Waals surface area contributed by atoms with E-state index >= 15 is 0 Å². The quantitative estimate of drug-likeness (QED) is 0.560. The first-order valence-corrected chi connectivity index (χ1v) is 4.38. The van der Waals surface area contributed by atoms with Gasteiger partial charge in [0.2, 0.25) is 0 Å². The van der Waals surface area contributed by atoms with E-state index in [9.17, 15) is 9.59 Å². The van der Waals surface area contributed by atoms with Crippen LogP contribution in [0.4, 0.5) is 0 Å². The highest BCUT2D eigenvalue weighted by Crippen LogP contribution is 2.31. The lowest BCUT2D eigenvalue weighted by molar-refractivity contribution is -0.120. The zero-order valence-corrected chi connectivity index (χ0v) is 6.69. The van der Waals surface area contributed by atoms with Crippen LogP contribution in [-0.2, 0) is 9.59 Å². The third-order valence-corrected chi connectivity index (χ3v) is 3.22. The van der Waals surface area contributed by atoms with Crippen molar-refractivity contribution in [3.05, 3.63) is 0 Å². The van der Waals surface area contributed by atoms with Crippen LogP contribution in [0.5, 0.6) is 0 Å². The molecule has 2 atom stereocenters. The van der Waals surface area contributed by atoms with Gasteiger partial charge in [-0.2, -0.15) is 0 Å². The molecule has 0 aromatic heterocycles. The fourth-order valence-electron chi connectivity index (χ4n) is 1.16. The van der Waals surface area contributed by atoms with Crippen LogP contribution in [0, 0.1) is 5.92 Å². The van der Waals surface area contributed by atoms with Crippen LogP contribution in [0.25, 0.3) is 0 Å². The van der Waals surface area contributed by atoms with E-state index in [2.05, 4.69) is 0 Å². The van der Waals surface area contributed by atoms with E-state index in [1.807, 2.05) is 0 Å². The largest absolute Gasteiger partial charge is 0.303 e. The third kappa shape index (κ3) is 1.40. The summed E-state index contributed by atoms with van der Waals surface area (Å²) >= 11 is 1.60. The summed E-state index contributed by atoms with van der Waals surface area (Å²) in [5.74, 6) is 1.08. The molecule has 1 fully saturated rings. The topological polar surface area (TPSA) is 34.1 Å². The fraction of sp³-hybridized carbons (Fsp3) is 0.714. The Kier molecular flexibility index (Phi) is 2.49. The summed E-state index contributed by atoms with van der Waals surface area (Å²) in [7, 11) is 0. The number of carbonyl (C=O) groups is 2. The maximum atomic E-state index is 10.8. The van der Waals surface area contributed by atoms with Crippen LogP contribution in [-0.4, -0.2) is 23.1 Å². The van der Waals surface area contributed by atoms with Gasteiger partial charge in [0, 0.05) is 5.92 Å². The normalized spacial score (nSPS) is 32.1. The Hall–Kier alpha value is -0.310. The first kappa shape index (κ1) is 7.79. The smallest absolute Gasteiger partial charge is 0.143 e. The predicted octanol–water partition coefficient (Wildman–Crippen LogP) is 0.896. The standard InChI is InChI=1S/C7H10O2S/c1-5(9)7-6(4-8)2-3-10-7/h4,6-7H,2-3H2,1H3. The molecule has 0 amide bonds. The minimum absolute atomic E-state index is 0.0116. The second-order valence-corrected chi connectivity index (χ2v) is 3.74. The average molecular weight is 158 g/mol. The van der Waals surface area contributed by atoms with Crippen molar-refractivity contribution < 1.29 is 9.59 Å². The molecule has 1 rings (SSSR count). The van der Waals surface area contributed by atoms with E-state index in [0.29, 0.717) is 0 Å². The molecule has 3 heteroatoms. The number of hydrogen-bond acceptors (Lipinski definition) is 3. The lowest BCUT2D eigenvalue weighted by Crippen LogP contribution is -2.20. The predicted molar refractivity (Wildman–Crippen MR) is 41.1 cm³/mol. The van der Waals surface area contributed by atoms with E-state index in [0.717, 1.165) is 18.5 Å². The molecule has 0 N–H and O–H groups in total. The fourth-order valence-corrected chi connectivity index (χ4v) is 2.51. The number of ketones is 1. The zero-order chi connectivity index (χ0) is 7.56. The zero-order valence-electron chi connectivity index (χ0n) is 5.87. The maximum absolute atomic E-state index is 10.8. The second kappa shape index (κ2) is 3.19. The van der Waals surface area contributed by atoms with Crippen LogP contribution in [0.1, 0.15) is 13.3 Å². The first-order valence-electron chi connectivity index (χ1n) is 3.33. The van der Waals surface area contributed by atoms with Gasteiger partial charge in [0.25, 0.3) is 0 Å². The summed E-state index contributed by atoms with van der Waals surface area (Å²) in [5, 5.41) is -0.0440. The van der Waals surface area contributed by atoms with Crippen molar-refractivity contribution in [2.24, 2.45) is 5.92 Å². The minimum Gasteiger partial charge on any atom is -0.303 e. The molecule has 0 aromatic rings. The summed E-state index contributed by atoms with van der Waals surface area (Å²) in [6.07, 6.45) is 1.78. The first-order chi connectivity index (χ1) is 4.75. The highest BCUT2D eigenvalue weighted by molar-refractivity contribution is 8.00. The Labute approximate surface area is 64.4 Å². The molecule has 1 aliphatic heterocycles. The van der Waals surface area contributed by atoms with Crippen LogP contribution >= 0.6 is 11.8 Å². The van der Waals surface area contributed by atoms with Gasteiger partial charge in [0.05, 0.1) is 5.25 Å². The van der Waals surface area contributed by atoms with Gasteiger partial charge in [-0.25, -0.2) is 0 Å². The molecular weight excluding hydrogens is 148 g/mol. The molecule has 10 heavy (non-hydrogen) atoms. The monoisotopic (exact) mass is 158 g/mol. The van der Waals surface area contributed by atoms with E-state index < -0.39 is 0 Å².